The summed E-state index contributed by atoms with van der Waals surface area (Å²) >= 11 is 0. The van der Waals surface area contributed by atoms with E-state index >= 15 is 0 Å². The van der Waals surface area contributed by atoms with E-state index in [1.54, 1.807) is 0 Å². The van der Waals surface area contributed by atoms with E-state index in [4.69, 9.17) is 5.11 Å². The van der Waals surface area contributed by atoms with Gasteiger partial charge >= 0.3 is 11.9 Å². The van der Waals surface area contributed by atoms with Gasteiger partial charge in [-0.05, 0) is 50.4 Å². The second-order valence-electron chi connectivity index (χ2n) is 8.64. The molecular weight excluding hydrogens is 476 g/mol. The summed E-state index contributed by atoms with van der Waals surface area (Å²) in [4.78, 5) is 61.0. The molecule has 1 heterocycles. The zero-order valence-electron chi connectivity index (χ0n) is 19.8. The van der Waals surface area contributed by atoms with E-state index in [1.807, 2.05) is 0 Å². The number of benzene rings is 1. The van der Waals surface area contributed by atoms with Crippen molar-refractivity contribution in [2.24, 2.45) is 0 Å². The molecule has 0 radical (unpaired) electrons. The second kappa shape index (κ2) is 13.4. The van der Waals surface area contributed by atoms with Gasteiger partial charge < -0.3 is 41.7 Å². The number of amides is 3. The summed E-state index contributed by atoms with van der Waals surface area (Å²) in [6.07, 6.45) is -1.01. The van der Waals surface area contributed by atoms with E-state index in [2.05, 4.69) is 21.3 Å². The SMILES string of the molecule is CC(O)C(NC(=O)C1CCCN1)C(=O)NC(CCC(=O)O)C(=O)NC(Cc1ccc(O)cc1)C(=O)O. The summed E-state index contributed by atoms with van der Waals surface area (Å²) in [6, 6.07) is 0.875. The molecule has 0 bridgehead atoms. The van der Waals surface area contributed by atoms with E-state index in [-0.39, 0.29) is 18.6 Å². The minimum absolute atomic E-state index is 0.0189. The maximum Gasteiger partial charge on any atom is 0.326 e. The van der Waals surface area contributed by atoms with Crippen molar-refractivity contribution < 1.29 is 44.4 Å². The third-order valence-corrected chi connectivity index (χ3v) is 5.71. The maximum absolute atomic E-state index is 12.9. The number of phenols is 1. The number of hydrogen-bond donors (Lipinski definition) is 8. The van der Waals surface area contributed by atoms with Gasteiger partial charge in [-0.3, -0.25) is 19.2 Å². The first kappa shape index (κ1) is 28.5. The number of rotatable bonds is 13. The molecular formula is C23H32N4O9. The molecule has 13 nitrogen and oxygen atoms in total. The van der Waals surface area contributed by atoms with Gasteiger partial charge in [0.25, 0.3) is 0 Å². The van der Waals surface area contributed by atoms with E-state index in [0.29, 0.717) is 18.5 Å². The van der Waals surface area contributed by atoms with Gasteiger partial charge in [0, 0.05) is 12.8 Å². The van der Waals surface area contributed by atoms with Crippen molar-refractivity contribution in [3.05, 3.63) is 29.8 Å². The average molecular weight is 509 g/mol. The van der Waals surface area contributed by atoms with Gasteiger partial charge in [-0.15, -0.1) is 0 Å². The Labute approximate surface area is 207 Å². The fourth-order valence-corrected chi connectivity index (χ4v) is 3.71. The van der Waals surface area contributed by atoms with Crippen LogP contribution in [0.1, 0.15) is 38.2 Å². The molecule has 198 valence electrons. The molecule has 0 aromatic heterocycles. The van der Waals surface area contributed by atoms with Crippen LogP contribution in [0.4, 0.5) is 0 Å². The fraction of sp³-hybridized carbons (Fsp3) is 0.522. The van der Waals surface area contributed by atoms with Crippen LogP contribution in [0.2, 0.25) is 0 Å². The van der Waals surface area contributed by atoms with Gasteiger partial charge in [0.15, 0.2) is 0 Å². The number of phenolic OH excluding ortho intramolecular Hbond substituents is 1. The number of carbonyl (C=O) groups is 5. The highest BCUT2D eigenvalue weighted by molar-refractivity contribution is 5.94. The molecule has 5 atom stereocenters. The van der Waals surface area contributed by atoms with E-state index < -0.39 is 66.4 Å². The molecule has 0 aliphatic carbocycles. The third kappa shape index (κ3) is 8.82. The number of aromatic hydroxyl groups is 1. The Morgan fingerprint density at radius 2 is 1.64 bits per heavy atom. The summed E-state index contributed by atoms with van der Waals surface area (Å²) in [5, 5.41) is 48.1. The highest BCUT2D eigenvalue weighted by Crippen LogP contribution is 2.12. The van der Waals surface area contributed by atoms with Gasteiger partial charge in [-0.25, -0.2) is 4.79 Å². The molecule has 1 aromatic rings. The number of carboxylic acids is 2. The van der Waals surface area contributed by atoms with Crippen molar-refractivity contribution in [1.29, 1.82) is 0 Å². The molecule has 3 amide bonds. The topological polar surface area (TPSA) is 214 Å². The van der Waals surface area contributed by atoms with Crippen LogP contribution >= 0.6 is 0 Å². The third-order valence-electron chi connectivity index (χ3n) is 5.71. The van der Waals surface area contributed by atoms with Crippen molar-refractivity contribution in [2.45, 2.75) is 69.3 Å². The molecule has 8 N–H and O–H groups in total. The zero-order chi connectivity index (χ0) is 26.8. The monoisotopic (exact) mass is 508 g/mol. The lowest BCUT2D eigenvalue weighted by Crippen LogP contribution is -2.59. The Morgan fingerprint density at radius 1 is 1.00 bits per heavy atom. The largest absolute Gasteiger partial charge is 0.508 e. The molecule has 1 fully saturated rings. The van der Waals surface area contributed by atoms with Crippen LogP contribution in [-0.4, -0.2) is 86.9 Å². The van der Waals surface area contributed by atoms with Gasteiger partial charge in [0.05, 0.1) is 12.1 Å². The fourth-order valence-electron chi connectivity index (χ4n) is 3.71. The molecule has 1 aliphatic rings. The molecule has 0 spiro atoms. The van der Waals surface area contributed by atoms with Crippen LogP contribution in [0, 0.1) is 0 Å². The maximum atomic E-state index is 12.9. The highest BCUT2D eigenvalue weighted by atomic mass is 16.4. The van der Waals surface area contributed by atoms with E-state index in [0.717, 1.165) is 6.42 Å². The van der Waals surface area contributed by atoms with Gasteiger partial charge in [0.1, 0.15) is 23.9 Å². The quantitative estimate of drug-likeness (QED) is 0.154. The van der Waals surface area contributed by atoms with Crippen molar-refractivity contribution in [2.75, 3.05) is 6.54 Å². The number of nitrogens with one attached hydrogen (secondary N) is 4. The molecule has 1 aliphatic heterocycles. The van der Waals surface area contributed by atoms with Gasteiger partial charge in [0.2, 0.25) is 17.7 Å². The minimum atomic E-state index is -1.45. The summed E-state index contributed by atoms with van der Waals surface area (Å²) in [7, 11) is 0. The van der Waals surface area contributed by atoms with Crippen LogP contribution in [-0.2, 0) is 30.4 Å². The smallest absolute Gasteiger partial charge is 0.326 e. The first-order valence-corrected chi connectivity index (χ1v) is 11.5. The van der Waals surface area contributed by atoms with Crippen molar-refractivity contribution in [1.82, 2.24) is 21.3 Å². The summed E-state index contributed by atoms with van der Waals surface area (Å²) in [5.41, 5.74) is 0.504. The number of hydrogen-bond acceptors (Lipinski definition) is 8. The molecule has 1 aromatic carbocycles. The van der Waals surface area contributed by atoms with Crippen molar-refractivity contribution >= 4 is 29.7 Å². The molecule has 0 saturated carbocycles. The Kier molecular flexibility index (Phi) is 10.6. The first-order valence-electron chi connectivity index (χ1n) is 11.5. The van der Waals surface area contributed by atoms with Gasteiger partial charge in [-0.1, -0.05) is 12.1 Å². The standard InChI is InChI=1S/C23H32N4O9/c1-12(28)19(27-20(32)15-3-2-10-24-15)22(34)25-16(8-9-18(30)31)21(33)26-17(23(35)36)11-13-4-6-14(29)7-5-13/h4-7,12,15-17,19,24,28-29H,2-3,8-11H2,1H3,(H,25,34)(H,26,33)(H,27,32)(H,30,31)(H,35,36). The average Bonchev–Trinajstić information content (AvgIpc) is 3.35. The minimum Gasteiger partial charge on any atom is -0.508 e. The van der Waals surface area contributed by atoms with E-state index in [9.17, 15) is 39.3 Å². The lowest BCUT2D eigenvalue weighted by molar-refractivity contribution is -0.143. The number of aliphatic hydroxyl groups excluding tert-OH is 1. The Balaban J connectivity index is 2.12. The number of carboxylic acid groups (broad SMARTS) is 2. The van der Waals surface area contributed by atoms with Crippen LogP contribution in [0.15, 0.2) is 24.3 Å². The second-order valence-corrected chi connectivity index (χ2v) is 8.64. The Bertz CT molecular complexity index is 945. The summed E-state index contributed by atoms with van der Waals surface area (Å²) in [6.45, 7) is 1.91. The van der Waals surface area contributed by atoms with Crippen LogP contribution in [0.25, 0.3) is 0 Å². The Morgan fingerprint density at radius 3 is 2.17 bits per heavy atom. The zero-order valence-corrected chi connectivity index (χ0v) is 19.8. The lowest BCUT2D eigenvalue weighted by Gasteiger charge is -2.26. The van der Waals surface area contributed by atoms with Crippen LogP contribution in [0.3, 0.4) is 0 Å². The van der Waals surface area contributed by atoms with Crippen molar-refractivity contribution in [3.63, 3.8) is 0 Å². The first-order chi connectivity index (χ1) is 17.0. The number of aliphatic carboxylic acids is 2. The lowest BCUT2D eigenvalue weighted by atomic mass is 10.0. The van der Waals surface area contributed by atoms with Crippen LogP contribution < -0.4 is 21.3 Å². The number of carbonyl (C=O) groups excluding carboxylic acids is 3. The Hall–Kier alpha value is -3.71. The molecule has 13 heteroatoms. The normalized spacial score (nSPS) is 18.3. The van der Waals surface area contributed by atoms with Gasteiger partial charge in [-0.2, -0.15) is 0 Å². The number of aliphatic hydroxyl groups is 1. The van der Waals surface area contributed by atoms with E-state index in [1.165, 1.54) is 31.2 Å². The molecule has 5 unspecified atom stereocenters. The summed E-state index contributed by atoms with van der Waals surface area (Å²) in [5.74, 6) is -4.99. The van der Waals surface area contributed by atoms with Crippen molar-refractivity contribution in [3.8, 4) is 5.75 Å². The predicted octanol–water partition coefficient (Wildman–Crippen LogP) is -1.53. The highest BCUT2D eigenvalue weighted by Gasteiger charge is 2.33. The molecule has 36 heavy (non-hydrogen) atoms. The predicted molar refractivity (Wildman–Crippen MR) is 125 cm³/mol. The van der Waals surface area contributed by atoms with Crippen LogP contribution in [0.5, 0.6) is 5.75 Å². The molecule has 2 rings (SSSR count). The molecule has 1 saturated heterocycles. The summed E-state index contributed by atoms with van der Waals surface area (Å²) < 4.78 is 0.